The molecule has 0 aromatic heterocycles. The molecule has 0 bridgehead atoms. The van der Waals surface area contributed by atoms with Crippen molar-refractivity contribution in [3.8, 4) is 0 Å². The quantitative estimate of drug-likeness (QED) is 0.693. The Hall–Kier alpha value is -1.06. The Bertz CT molecular complexity index is 206. The van der Waals surface area contributed by atoms with Gasteiger partial charge in [0.25, 0.3) is 0 Å². The van der Waals surface area contributed by atoms with Gasteiger partial charge in [0, 0.05) is 13.5 Å². The van der Waals surface area contributed by atoms with Crippen molar-refractivity contribution in [2.24, 2.45) is 5.41 Å². The second kappa shape index (κ2) is 5.62. The first-order valence-electron chi connectivity index (χ1n) is 4.71. The molecular weight excluding hydrogens is 182 g/mol. The average Bonchev–Trinajstić information content (AvgIpc) is 2.09. The van der Waals surface area contributed by atoms with Crippen LogP contribution in [-0.4, -0.2) is 25.5 Å². The van der Waals surface area contributed by atoms with E-state index in [-0.39, 0.29) is 30.1 Å². The molecule has 4 nitrogen and oxygen atoms in total. The predicted octanol–water partition coefficient (Wildman–Crippen LogP) is 1.10. The normalized spacial score (nSPS) is 10.9. The molecule has 0 aliphatic rings. The van der Waals surface area contributed by atoms with Crippen LogP contribution in [0, 0.1) is 5.41 Å². The zero-order chi connectivity index (χ0) is 11.2. The Morgan fingerprint density at radius 3 is 2.21 bits per heavy atom. The molecule has 0 unspecified atom stereocenters. The first kappa shape index (κ1) is 12.9. The molecule has 0 aromatic rings. The summed E-state index contributed by atoms with van der Waals surface area (Å²) in [6.07, 6.45) is 0.342. The number of hydrogen-bond acceptors (Lipinski definition) is 3. The monoisotopic (exact) mass is 201 g/mol. The molecule has 1 N–H and O–H groups in total. The minimum atomic E-state index is -0.316. The fourth-order valence-electron chi connectivity index (χ4n) is 0.710. The number of amides is 1. The van der Waals surface area contributed by atoms with Gasteiger partial charge >= 0.3 is 5.97 Å². The Balaban J connectivity index is 3.62. The summed E-state index contributed by atoms with van der Waals surface area (Å²) >= 11 is 0. The first-order valence-corrected chi connectivity index (χ1v) is 4.71. The zero-order valence-electron chi connectivity index (χ0n) is 9.35. The molecular formula is C10H19NO3. The van der Waals surface area contributed by atoms with Gasteiger partial charge < -0.3 is 10.1 Å². The molecule has 0 heterocycles. The van der Waals surface area contributed by atoms with Crippen LogP contribution in [-0.2, 0) is 14.3 Å². The summed E-state index contributed by atoms with van der Waals surface area (Å²) in [5.41, 5.74) is -0.0251. The lowest BCUT2D eigenvalue weighted by Gasteiger charge is -2.17. The van der Waals surface area contributed by atoms with Crippen molar-refractivity contribution in [1.29, 1.82) is 0 Å². The van der Waals surface area contributed by atoms with Gasteiger partial charge in [-0.2, -0.15) is 0 Å². The third-order valence-corrected chi connectivity index (χ3v) is 1.50. The summed E-state index contributed by atoms with van der Waals surface area (Å²) < 4.78 is 4.98. The number of esters is 1. The molecule has 0 spiro atoms. The smallest absolute Gasteiger partial charge is 0.306 e. The topological polar surface area (TPSA) is 55.4 Å². The molecule has 4 heteroatoms. The summed E-state index contributed by atoms with van der Waals surface area (Å²) in [6, 6.07) is 0. The molecule has 0 aliphatic carbocycles. The highest BCUT2D eigenvalue weighted by Gasteiger charge is 2.14. The molecule has 0 saturated carbocycles. The standard InChI is InChI=1S/C10H19NO3/c1-10(2,3)7-14-9(13)6-5-8(12)11-4/h5-7H2,1-4H3,(H,11,12). The number of nitrogens with one attached hydrogen (secondary N) is 1. The van der Waals surface area contributed by atoms with Gasteiger partial charge in [0.15, 0.2) is 0 Å². The van der Waals surface area contributed by atoms with Crippen molar-refractivity contribution in [3.63, 3.8) is 0 Å². The Morgan fingerprint density at radius 1 is 1.21 bits per heavy atom. The van der Waals surface area contributed by atoms with Crippen LogP contribution in [0.15, 0.2) is 0 Å². The lowest BCUT2D eigenvalue weighted by molar-refractivity contribution is -0.147. The second-order valence-corrected chi connectivity index (χ2v) is 4.39. The maximum Gasteiger partial charge on any atom is 0.306 e. The van der Waals surface area contributed by atoms with Gasteiger partial charge in [-0.15, -0.1) is 0 Å². The summed E-state index contributed by atoms with van der Waals surface area (Å²) in [5, 5.41) is 2.45. The summed E-state index contributed by atoms with van der Waals surface area (Å²) in [5.74, 6) is -0.457. The van der Waals surface area contributed by atoms with E-state index in [9.17, 15) is 9.59 Å². The summed E-state index contributed by atoms with van der Waals surface area (Å²) in [6.45, 7) is 6.34. The molecule has 0 radical (unpaired) electrons. The molecule has 0 rings (SSSR count). The van der Waals surface area contributed by atoms with Gasteiger partial charge in [-0.3, -0.25) is 9.59 Å². The van der Waals surface area contributed by atoms with Gasteiger partial charge in [0.05, 0.1) is 13.0 Å². The van der Waals surface area contributed by atoms with Gasteiger partial charge in [0.1, 0.15) is 0 Å². The van der Waals surface area contributed by atoms with Gasteiger partial charge in [0.2, 0.25) is 5.91 Å². The van der Waals surface area contributed by atoms with E-state index in [1.807, 2.05) is 20.8 Å². The molecule has 0 atom stereocenters. The number of ether oxygens (including phenoxy) is 1. The van der Waals surface area contributed by atoms with Crippen LogP contribution in [0.5, 0.6) is 0 Å². The summed E-state index contributed by atoms with van der Waals surface area (Å²) in [4.78, 5) is 21.9. The van der Waals surface area contributed by atoms with Gasteiger partial charge in [-0.25, -0.2) is 0 Å². The highest BCUT2D eigenvalue weighted by atomic mass is 16.5. The SMILES string of the molecule is CNC(=O)CCC(=O)OCC(C)(C)C. The largest absolute Gasteiger partial charge is 0.465 e. The third-order valence-electron chi connectivity index (χ3n) is 1.50. The fourth-order valence-corrected chi connectivity index (χ4v) is 0.710. The Morgan fingerprint density at radius 2 is 1.79 bits per heavy atom. The molecule has 0 aromatic carbocycles. The van der Waals surface area contributed by atoms with Crippen molar-refractivity contribution in [2.45, 2.75) is 33.6 Å². The van der Waals surface area contributed by atoms with Crippen LogP contribution in [0.4, 0.5) is 0 Å². The molecule has 0 aliphatic heterocycles. The van der Waals surface area contributed by atoms with E-state index in [1.165, 1.54) is 0 Å². The zero-order valence-corrected chi connectivity index (χ0v) is 9.35. The number of hydrogen-bond donors (Lipinski definition) is 1. The molecule has 0 fully saturated rings. The van der Waals surface area contributed by atoms with Crippen molar-refractivity contribution < 1.29 is 14.3 Å². The lowest BCUT2D eigenvalue weighted by Crippen LogP contribution is -2.21. The average molecular weight is 201 g/mol. The fraction of sp³-hybridized carbons (Fsp3) is 0.800. The van der Waals surface area contributed by atoms with Crippen LogP contribution < -0.4 is 5.32 Å². The van der Waals surface area contributed by atoms with E-state index in [4.69, 9.17) is 4.74 Å². The number of carbonyl (C=O) groups is 2. The van der Waals surface area contributed by atoms with Crippen molar-refractivity contribution in [2.75, 3.05) is 13.7 Å². The number of rotatable bonds is 4. The minimum Gasteiger partial charge on any atom is -0.465 e. The van der Waals surface area contributed by atoms with E-state index in [0.717, 1.165) is 0 Å². The van der Waals surface area contributed by atoms with Crippen LogP contribution in [0.25, 0.3) is 0 Å². The molecule has 1 amide bonds. The van der Waals surface area contributed by atoms with Crippen LogP contribution in [0.3, 0.4) is 0 Å². The van der Waals surface area contributed by atoms with Crippen LogP contribution in [0.2, 0.25) is 0 Å². The maximum absolute atomic E-state index is 11.1. The molecule has 82 valence electrons. The third kappa shape index (κ3) is 7.58. The first-order chi connectivity index (χ1) is 6.35. The van der Waals surface area contributed by atoms with Gasteiger partial charge in [-0.1, -0.05) is 20.8 Å². The second-order valence-electron chi connectivity index (χ2n) is 4.39. The van der Waals surface area contributed by atoms with E-state index in [0.29, 0.717) is 6.61 Å². The van der Waals surface area contributed by atoms with Crippen molar-refractivity contribution >= 4 is 11.9 Å². The Labute approximate surface area is 85.0 Å². The number of carbonyl (C=O) groups excluding carboxylic acids is 2. The molecule has 0 saturated heterocycles. The van der Waals surface area contributed by atoms with Gasteiger partial charge in [-0.05, 0) is 5.41 Å². The Kier molecular flexibility index (Phi) is 5.20. The highest BCUT2D eigenvalue weighted by Crippen LogP contribution is 2.13. The maximum atomic E-state index is 11.1. The van der Waals surface area contributed by atoms with E-state index < -0.39 is 0 Å². The lowest BCUT2D eigenvalue weighted by atomic mass is 9.99. The highest BCUT2D eigenvalue weighted by molar-refractivity contribution is 5.80. The van der Waals surface area contributed by atoms with Crippen LogP contribution >= 0.6 is 0 Å². The molecule has 14 heavy (non-hydrogen) atoms. The van der Waals surface area contributed by atoms with Crippen LogP contribution in [0.1, 0.15) is 33.6 Å². The van der Waals surface area contributed by atoms with E-state index in [1.54, 1.807) is 7.05 Å². The summed E-state index contributed by atoms with van der Waals surface area (Å²) in [7, 11) is 1.54. The minimum absolute atomic E-state index is 0.0251. The van der Waals surface area contributed by atoms with E-state index >= 15 is 0 Å². The van der Waals surface area contributed by atoms with Crippen molar-refractivity contribution in [1.82, 2.24) is 5.32 Å². The van der Waals surface area contributed by atoms with E-state index in [2.05, 4.69) is 5.32 Å². The predicted molar refractivity (Wildman–Crippen MR) is 53.7 cm³/mol. The van der Waals surface area contributed by atoms with Crippen molar-refractivity contribution in [3.05, 3.63) is 0 Å².